The second-order valence-electron chi connectivity index (χ2n) is 6.79. The van der Waals surface area contributed by atoms with E-state index in [4.69, 9.17) is 13.9 Å². The molecule has 0 bridgehead atoms. The van der Waals surface area contributed by atoms with Crippen molar-refractivity contribution in [3.05, 3.63) is 78.1 Å². The highest BCUT2D eigenvalue weighted by molar-refractivity contribution is 7.88. The second-order valence-corrected chi connectivity index (χ2v) is 8.87. The molecule has 0 saturated heterocycles. The van der Waals surface area contributed by atoms with Crippen molar-refractivity contribution in [1.82, 2.24) is 9.62 Å². The van der Waals surface area contributed by atoms with Gasteiger partial charge in [-0.05, 0) is 48.5 Å². The van der Waals surface area contributed by atoms with Crippen LogP contribution in [0.5, 0.6) is 11.5 Å². The fourth-order valence-electron chi connectivity index (χ4n) is 2.51. The third-order valence-electron chi connectivity index (χ3n) is 4.24. The standard InChI is InChI=1S/C22H22N2O7S/c1-24(2)32(27,28)21-13-12-19(31-21)15-29-20(25)14-23-22(26)16-8-10-18(11-9-16)30-17-6-4-3-5-7-17/h3-13H,14-15H2,1-2H3,(H,23,26). The van der Waals surface area contributed by atoms with E-state index in [1.807, 2.05) is 30.3 Å². The maximum Gasteiger partial charge on any atom is 0.325 e. The largest absolute Gasteiger partial charge is 0.457 e. The Balaban J connectivity index is 1.46. The Kier molecular flexibility index (Phi) is 7.29. The summed E-state index contributed by atoms with van der Waals surface area (Å²) in [7, 11) is -0.949. The molecule has 1 heterocycles. The van der Waals surface area contributed by atoms with Crippen LogP contribution in [0.3, 0.4) is 0 Å². The summed E-state index contributed by atoms with van der Waals surface area (Å²) in [6.07, 6.45) is 0. The topological polar surface area (TPSA) is 115 Å². The van der Waals surface area contributed by atoms with Crippen LogP contribution in [0.15, 0.2) is 76.2 Å². The van der Waals surface area contributed by atoms with Gasteiger partial charge in [0.15, 0.2) is 0 Å². The smallest absolute Gasteiger partial charge is 0.325 e. The number of carbonyl (C=O) groups is 2. The monoisotopic (exact) mass is 458 g/mol. The molecule has 0 aliphatic heterocycles. The fraction of sp³-hybridized carbons (Fsp3) is 0.182. The van der Waals surface area contributed by atoms with Gasteiger partial charge in [0.2, 0.25) is 5.09 Å². The van der Waals surface area contributed by atoms with Gasteiger partial charge >= 0.3 is 5.97 Å². The van der Waals surface area contributed by atoms with E-state index in [-0.39, 0.29) is 24.0 Å². The number of hydrogen-bond donors (Lipinski definition) is 1. The highest BCUT2D eigenvalue weighted by atomic mass is 32.2. The number of carbonyl (C=O) groups excluding carboxylic acids is 2. The minimum atomic E-state index is -3.71. The van der Waals surface area contributed by atoms with Gasteiger partial charge in [-0.25, -0.2) is 12.7 Å². The van der Waals surface area contributed by atoms with E-state index >= 15 is 0 Å². The van der Waals surface area contributed by atoms with E-state index in [9.17, 15) is 18.0 Å². The predicted octanol–water partition coefficient (Wildman–Crippen LogP) is 2.80. The zero-order chi connectivity index (χ0) is 23.1. The number of rotatable bonds is 9. The number of nitrogens with one attached hydrogen (secondary N) is 1. The lowest BCUT2D eigenvalue weighted by Gasteiger charge is -2.08. The normalized spacial score (nSPS) is 11.2. The molecule has 0 unspecified atom stereocenters. The lowest BCUT2D eigenvalue weighted by Crippen LogP contribution is -2.30. The van der Waals surface area contributed by atoms with Crippen molar-refractivity contribution in [2.75, 3.05) is 20.6 Å². The Morgan fingerprint density at radius 2 is 1.59 bits per heavy atom. The number of hydrogen-bond acceptors (Lipinski definition) is 7. The van der Waals surface area contributed by atoms with Gasteiger partial charge in [-0.3, -0.25) is 9.59 Å². The fourth-order valence-corrected chi connectivity index (χ4v) is 3.32. The van der Waals surface area contributed by atoms with E-state index < -0.39 is 21.9 Å². The molecular weight excluding hydrogens is 436 g/mol. The maximum atomic E-state index is 12.2. The van der Waals surface area contributed by atoms with Crippen LogP contribution in [0.25, 0.3) is 0 Å². The van der Waals surface area contributed by atoms with Gasteiger partial charge in [-0.15, -0.1) is 0 Å². The summed E-state index contributed by atoms with van der Waals surface area (Å²) in [4.78, 5) is 24.1. The molecule has 0 aliphatic rings. The van der Waals surface area contributed by atoms with Gasteiger partial charge < -0.3 is 19.2 Å². The molecule has 3 aromatic rings. The van der Waals surface area contributed by atoms with Gasteiger partial charge in [0.1, 0.15) is 30.4 Å². The molecule has 10 heteroatoms. The average molecular weight is 458 g/mol. The Hall–Kier alpha value is -3.63. The number of para-hydroxylation sites is 1. The number of amides is 1. The molecule has 0 spiro atoms. The number of benzene rings is 2. The van der Waals surface area contributed by atoms with Crippen LogP contribution in [-0.2, 0) is 26.2 Å². The van der Waals surface area contributed by atoms with Crippen molar-refractivity contribution >= 4 is 21.9 Å². The highest BCUT2D eigenvalue weighted by Crippen LogP contribution is 2.21. The summed E-state index contributed by atoms with van der Waals surface area (Å²) in [5.41, 5.74) is 0.350. The Morgan fingerprint density at radius 1 is 0.938 bits per heavy atom. The summed E-state index contributed by atoms with van der Waals surface area (Å²) in [5, 5.41) is 2.21. The molecule has 32 heavy (non-hydrogen) atoms. The second kappa shape index (κ2) is 10.1. The summed E-state index contributed by atoms with van der Waals surface area (Å²) in [5.74, 6) is 0.261. The van der Waals surface area contributed by atoms with Crippen LogP contribution in [0.1, 0.15) is 16.1 Å². The number of esters is 1. The van der Waals surface area contributed by atoms with E-state index in [1.54, 1.807) is 24.3 Å². The molecule has 1 amide bonds. The summed E-state index contributed by atoms with van der Waals surface area (Å²) in [6.45, 7) is -0.617. The van der Waals surface area contributed by atoms with Crippen LogP contribution in [0.4, 0.5) is 0 Å². The van der Waals surface area contributed by atoms with Gasteiger partial charge in [0.25, 0.3) is 15.9 Å². The minimum Gasteiger partial charge on any atom is -0.457 e. The van der Waals surface area contributed by atoms with Gasteiger partial charge in [0.05, 0.1) is 0 Å². The van der Waals surface area contributed by atoms with Crippen molar-refractivity contribution in [3.8, 4) is 11.5 Å². The van der Waals surface area contributed by atoms with Crippen molar-refractivity contribution in [1.29, 1.82) is 0 Å². The summed E-state index contributed by atoms with van der Waals surface area (Å²) >= 11 is 0. The Morgan fingerprint density at radius 3 is 2.25 bits per heavy atom. The third kappa shape index (κ3) is 5.96. The van der Waals surface area contributed by atoms with Crippen molar-refractivity contribution in [2.24, 2.45) is 0 Å². The molecule has 0 fully saturated rings. The van der Waals surface area contributed by atoms with E-state index in [1.165, 1.54) is 26.2 Å². The minimum absolute atomic E-state index is 0.166. The molecule has 9 nitrogen and oxygen atoms in total. The molecule has 1 N–H and O–H groups in total. The summed E-state index contributed by atoms with van der Waals surface area (Å²) < 4.78 is 40.8. The lowest BCUT2D eigenvalue weighted by molar-refractivity contribution is -0.144. The first-order valence-electron chi connectivity index (χ1n) is 9.54. The molecular formula is C22H22N2O7S. The summed E-state index contributed by atoms with van der Waals surface area (Å²) in [6, 6.07) is 18.4. The van der Waals surface area contributed by atoms with E-state index in [0.717, 1.165) is 4.31 Å². The quantitative estimate of drug-likeness (QED) is 0.490. The number of ether oxygens (including phenoxy) is 2. The van der Waals surface area contributed by atoms with Gasteiger partial charge in [-0.1, -0.05) is 18.2 Å². The van der Waals surface area contributed by atoms with E-state index in [2.05, 4.69) is 5.32 Å². The molecule has 168 valence electrons. The highest BCUT2D eigenvalue weighted by Gasteiger charge is 2.21. The third-order valence-corrected chi connectivity index (χ3v) is 5.93. The van der Waals surface area contributed by atoms with Crippen LogP contribution < -0.4 is 10.1 Å². The van der Waals surface area contributed by atoms with Gasteiger partial charge in [0, 0.05) is 19.7 Å². The Labute approximate surface area is 185 Å². The van der Waals surface area contributed by atoms with Crippen LogP contribution in [0.2, 0.25) is 0 Å². The van der Waals surface area contributed by atoms with Gasteiger partial charge in [-0.2, -0.15) is 0 Å². The molecule has 1 aromatic heterocycles. The van der Waals surface area contributed by atoms with Crippen molar-refractivity contribution < 1.29 is 31.9 Å². The lowest BCUT2D eigenvalue weighted by atomic mass is 10.2. The molecule has 2 aromatic carbocycles. The Bertz CT molecular complexity index is 1170. The number of nitrogens with zero attached hydrogens (tertiary/aromatic N) is 1. The SMILES string of the molecule is CN(C)S(=O)(=O)c1ccc(COC(=O)CNC(=O)c2ccc(Oc3ccccc3)cc2)o1. The maximum absolute atomic E-state index is 12.2. The molecule has 0 saturated carbocycles. The molecule has 0 aliphatic carbocycles. The first-order chi connectivity index (χ1) is 15.3. The zero-order valence-electron chi connectivity index (χ0n) is 17.5. The first-order valence-corrected chi connectivity index (χ1v) is 11.0. The molecule has 0 radical (unpaired) electrons. The number of sulfonamides is 1. The molecule has 3 rings (SSSR count). The zero-order valence-corrected chi connectivity index (χ0v) is 18.3. The van der Waals surface area contributed by atoms with E-state index in [0.29, 0.717) is 17.1 Å². The average Bonchev–Trinajstić information content (AvgIpc) is 3.27. The van der Waals surface area contributed by atoms with Crippen molar-refractivity contribution in [2.45, 2.75) is 11.7 Å². The van der Waals surface area contributed by atoms with Crippen LogP contribution in [0, 0.1) is 0 Å². The number of furan rings is 1. The first kappa shape index (κ1) is 23.0. The predicted molar refractivity (Wildman–Crippen MR) is 115 cm³/mol. The van der Waals surface area contributed by atoms with Crippen LogP contribution in [-0.4, -0.2) is 45.2 Å². The van der Waals surface area contributed by atoms with Crippen LogP contribution >= 0.6 is 0 Å². The molecule has 0 atom stereocenters. The van der Waals surface area contributed by atoms with Crippen molar-refractivity contribution in [3.63, 3.8) is 0 Å².